The van der Waals surface area contributed by atoms with Crippen molar-refractivity contribution in [3.63, 3.8) is 0 Å². The molecule has 4 nitrogen and oxygen atoms in total. The van der Waals surface area contributed by atoms with Gasteiger partial charge in [0, 0.05) is 12.4 Å². The van der Waals surface area contributed by atoms with Crippen LogP contribution in [-0.4, -0.2) is 22.2 Å². The summed E-state index contributed by atoms with van der Waals surface area (Å²) in [6.45, 7) is 0.322. The average Bonchev–Trinajstić information content (AvgIpc) is 2.89. The van der Waals surface area contributed by atoms with Gasteiger partial charge in [0.25, 0.3) is 0 Å². The highest BCUT2D eigenvalue weighted by molar-refractivity contribution is 5.75. The van der Waals surface area contributed by atoms with E-state index in [1.807, 2.05) is 0 Å². The third-order valence-electron chi connectivity index (χ3n) is 2.34. The molecular formula is C14H12FN3O. The summed E-state index contributed by atoms with van der Waals surface area (Å²) in [4.78, 5) is 11.5. The molecule has 0 radical (unpaired) electrons. The Hall–Kier alpha value is -2.61. The van der Waals surface area contributed by atoms with E-state index in [-0.39, 0.29) is 24.8 Å². The van der Waals surface area contributed by atoms with E-state index in [0.717, 1.165) is 0 Å². The minimum Gasteiger partial charge on any atom is -0.344 e. The molecule has 1 aromatic heterocycles. The van der Waals surface area contributed by atoms with Crippen molar-refractivity contribution in [3.8, 4) is 11.8 Å². The van der Waals surface area contributed by atoms with Gasteiger partial charge in [-0.3, -0.25) is 9.48 Å². The summed E-state index contributed by atoms with van der Waals surface area (Å²) in [5.41, 5.74) is 0.323. The van der Waals surface area contributed by atoms with E-state index in [4.69, 9.17) is 0 Å². The van der Waals surface area contributed by atoms with Gasteiger partial charge in [-0.15, -0.1) is 0 Å². The van der Waals surface area contributed by atoms with Crippen molar-refractivity contribution >= 4 is 5.91 Å². The second kappa shape index (κ2) is 6.36. The maximum atomic E-state index is 13.2. The molecule has 0 fully saturated rings. The van der Waals surface area contributed by atoms with Crippen LogP contribution in [-0.2, 0) is 11.3 Å². The maximum Gasteiger partial charge on any atom is 0.242 e. The number of benzene rings is 1. The fraction of sp³-hybridized carbons (Fsp3) is 0.143. The Morgan fingerprint density at radius 3 is 2.95 bits per heavy atom. The van der Waals surface area contributed by atoms with Crippen LogP contribution in [0.4, 0.5) is 4.39 Å². The first-order chi connectivity index (χ1) is 9.25. The Balaban J connectivity index is 1.81. The summed E-state index contributed by atoms with van der Waals surface area (Å²) in [5, 5.41) is 6.53. The summed E-state index contributed by atoms with van der Waals surface area (Å²) >= 11 is 0. The maximum absolute atomic E-state index is 13.2. The molecule has 0 saturated carbocycles. The van der Waals surface area contributed by atoms with Gasteiger partial charge in [-0.25, -0.2) is 4.39 Å². The van der Waals surface area contributed by atoms with Crippen LogP contribution in [0.1, 0.15) is 5.56 Å². The standard InChI is InChI=1S/C14H12FN3O/c15-13-7-2-1-5-12(13)6-3-8-16-14(19)11-18-10-4-9-17-18/h1-2,4-5,7,9-10H,8,11H2,(H,16,19). The summed E-state index contributed by atoms with van der Waals surface area (Å²) in [5.74, 6) is 4.81. The van der Waals surface area contributed by atoms with E-state index < -0.39 is 0 Å². The van der Waals surface area contributed by atoms with E-state index in [9.17, 15) is 9.18 Å². The molecule has 19 heavy (non-hydrogen) atoms. The van der Waals surface area contributed by atoms with E-state index in [1.165, 1.54) is 10.7 Å². The first-order valence-electron chi connectivity index (χ1n) is 5.73. The highest BCUT2D eigenvalue weighted by atomic mass is 19.1. The summed E-state index contributed by atoms with van der Waals surface area (Å²) in [6, 6.07) is 8.00. The zero-order chi connectivity index (χ0) is 13.5. The molecule has 0 spiro atoms. The van der Waals surface area contributed by atoms with Crippen molar-refractivity contribution in [2.45, 2.75) is 6.54 Å². The predicted molar refractivity (Wildman–Crippen MR) is 68.5 cm³/mol. The number of carbonyl (C=O) groups excluding carboxylic acids is 1. The van der Waals surface area contributed by atoms with E-state index in [2.05, 4.69) is 22.3 Å². The lowest BCUT2D eigenvalue weighted by Gasteiger charge is -2.00. The van der Waals surface area contributed by atoms with Crippen molar-refractivity contribution in [2.24, 2.45) is 0 Å². The first-order valence-corrected chi connectivity index (χ1v) is 5.73. The Morgan fingerprint density at radius 1 is 1.37 bits per heavy atom. The number of hydrogen-bond acceptors (Lipinski definition) is 2. The predicted octanol–water partition coefficient (Wildman–Crippen LogP) is 1.19. The van der Waals surface area contributed by atoms with Gasteiger partial charge in [-0.1, -0.05) is 24.0 Å². The van der Waals surface area contributed by atoms with Gasteiger partial charge in [0.1, 0.15) is 12.4 Å². The third-order valence-corrected chi connectivity index (χ3v) is 2.34. The van der Waals surface area contributed by atoms with E-state index in [1.54, 1.807) is 36.7 Å². The summed E-state index contributed by atoms with van der Waals surface area (Å²) in [7, 11) is 0. The smallest absolute Gasteiger partial charge is 0.242 e. The Morgan fingerprint density at radius 2 is 2.21 bits per heavy atom. The lowest BCUT2D eigenvalue weighted by molar-refractivity contribution is -0.121. The minimum absolute atomic E-state index is 0.147. The van der Waals surface area contributed by atoms with E-state index in [0.29, 0.717) is 5.56 Å². The molecule has 1 heterocycles. The van der Waals surface area contributed by atoms with Gasteiger partial charge >= 0.3 is 0 Å². The Kier molecular flexibility index (Phi) is 4.29. The number of halogens is 1. The van der Waals surface area contributed by atoms with Crippen LogP contribution in [0.25, 0.3) is 0 Å². The molecule has 0 aliphatic carbocycles. The molecule has 0 aliphatic rings. The molecular weight excluding hydrogens is 245 g/mol. The highest BCUT2D eigenvalue weighted by Crippen LogP contribution is 2.03. The number of hydrogen-bond donors (Lipinski definition) is 1. The second-order valence-electron chi connectivity index (χ2n) is 3.76. The largest absolute Gasteiger partial charge is 0.344 e. The summed E-state index contributed by atoms with van der Waals surface area (Å²) < 4.78 is 14.7. The molecule has 5 heteroatoms. The van der Waals surface area contributed by atoms with Crippen LogP contribution >= 0.6 is 0 Å². The van der Waals surface area contributed by atoms with Crippen LogP contribution < -0.4 is 5.32 Å². The highest BCUT2D eigenvalue weighted by Gasteiger charge is 2.00. The van der Waals surface area contributed by atoms with E-state index >= 15 is 0 Å². The lowest BCUT2D eigenvalue weighted by Crippen LogP contribution is -2.27. The Bertz CT molecular complexity index is 611. The zero-order valence-electron chi connectivity index (χ0n) is 10.1. The fourth-order valence-electron chi connectivity index (χ4n) is 1.44. The minimum atomic E-state index is -0.363. The van der Waals surface area contributed by atoms with Gasteiger partial charge in [-0.05, 0) is 18.2 Å². The van der Waals surface area contributed by atoms with Crippen molar-refractivity contribution in [1.29, 1.82) is 0 Å². The number of aromatic nitrogens is 2. The molecule has 0 saturated heterocycles. The number of carbonyl (C=O) groups is 1. The summed E-state index contributed by atoms with van der Waals surface area (Å²) in [6.07, 6.45) is 3.30. The molecule has 0 bridgehead atoms. The first kappa shape index (κ1) is 12.8. The second-order valence-corrected chi connectivity index (χ2v) is 3.76. The topological polar surface area (TPSA) is 46.9 Å². The van der Waals surface area contributed by atoms with Crippen molar-refractivity contribution in [1.82, 2.24) is 15.1 Å². The normalized spacial score (nSPS) is 9.53. The molecule has 2 rings (SSSR count). The Labute approximate surface area is 110 Å². The fourth-order valence-corrected chi connectivity index (χ4v) is 1.44. The van der Waals surface area contributed by atoms with Crippen LogP contribution in [0.5, 0.6) is 0 Å². The third kappa shape index (κ3) is 3.96. The van der Waals surface area contributed by atoms with Crippen LogP contribution in [0.2, 0.25) is 0 Å². The number of nitrogens with one attached hydrogen (secondary N) is 1. The van der Waals surface area contributed by atoms with Crippen molar-refractivity contribution in [2.75, 3.05) is 6.54 Å². The van der Waals surface area contributed by atoms with Crippen LogP contribution in [0.3, 0.4) is 0 Å². The van der Waals surface area contributed by atoms with Crippen molar-refractivity contribution < 1.29 is 9.18 Å². The molecule has 0 aliphatic heterocycles. The molecule has 0 unspecified atom stereocenters. The quantitative estimate of drug-likeness (QED) is 0.840. The number of amides is 1. The molecule has 2 aromatic rings. The lowest BCUT2D eigenvalue weighted by atomic mass is 10.2. The average molecular weight is 257 g/mol. The van der Waals surface area contributed by atoms with Crippen LogP contribution in [0.15, 0.2) is 42.7 Å². The van der Waals surface area contributed by atoms with Crippen molar-refractivity contribution in [3.05, 3.63) is 54.1 Å². The number of rotatable bonds is 3. The zero-order valence-corrected chi connectivity index (χ0v) is 10.1. The van der Waals surface area contributed by atoms with Gasteiger partial charge in [0.15, 0.2) is 0 Å². The van der Waals surface area contributed by atoms with Crippen LogP contribution in [0, 0.1) is 17.7 Å². The van der Waals surface area contributed by atoms with Gasteiger partial charge in [0.2, 0.25) is 5.91 Å². The molecule has 1 amide bonds. The molecule has 96 valence electrons. The molecule has 0 atom stereocenters. The number of nitrogens with zero attached hydrogens (tertiary/aromatic N) is 2. The molecule has 1 N–H and O–H groups in total. The van der Waals surface area contributed by atoms with Gasteiger partial charge in [0.05, 0.1) is 12.1 Å². The van der Waals surface area contributed by atoms with Gasteiger partial charge in [-0.2, -0.15) is 5.10 Å². The monoisotopic (exact) mass is 257 g/mol. The molecule has 1 aromatic carbocycles. The van der Waals surface area contributed by atoms with Gasteiger partial charge < -0.3 is 5.32 Å². The SMILES string of the molecule is O=C(Cn1cccn1)NCC#Cc1ccccc1F.